The maximum atomic E-state index is 10.9. The van der Waals surface area contributed by atoms with Gasteiger partial charge in [0.1, 0.15) is 12.4 Å². The predicted molar refractivity (Wildman–Crippen MR) is 81.6 cm³/mol. The molecule has 1 saturated heterocycles. The van der Waals surface area contributed by atoms with Crippen LogP contribution in [0.4, 0.5) is 5.69 Å². The Morgan fingerprint density at radius 3 is 2.70 bits per heavy atom. The van der Waals surface area contributed by atoms with Gasteiger partial charge < -0.3 is 10.1 Å². The minimum atomic E-state index is -0.0540. The molecule has 0 radical (unpaired) electrons. The highest BCUT2D eigenvalue weighted by molar-refractivity contribution is 5.88. The van der Waals surface area contributed by atoms with E-state index in [1.165, 1.54) is 26.3 Å². The van der Waals surface area contributed by atoms with Gasteiger partial charge in [-0.1, -0.05) is 0 Å². The maximum Gasteiger partial charge on any atom is 0.221 e. The molecule has 4 nitrogen and oxygen atoms in total. The monoisotopic (exact) mass is 296 g/mol. The molecule has 5 heteroatoms. The molecular weight excluding hydrogens is 276 g/mol. The van der Waals surface area contributed by atoms with Crippen molar-refractivity contribution < 1.29 is 9.53 Å². The number of nitrogens with one attached hydrogen (secondary N) is 1. The quantitative estimate of drug-likeness (QED) is 0.908. The number of hydrogen-bond acceptors (Lipinski definition) is 3. The summed E-state index contributed by atoms with van der Waals surface area (Å²) >= 11 is 0. The number of carbonyl (C=O) groups is 1. The number of carbonyl (C=O) groups excluding carboxylic acids is 1. The number of halogens is 1. The Kier molecular flexibility index (Phi) is 4.89. The Morgan fingerprint density at radius 1 is 1.40 bits per heavy atom. The van der Waals surface area contributed by atoms with Gasteiger partial charge in [-0.05, 0) is 49.6 Å². The fourth-order valence-electron chi connectivity index (χ4n) is 2.88. The van der Waals surface area contributed by atoms with Gasteiger partial charge in [0.25, 0.3) is 0 Å². The second-order valence-electron chi connectivity index (χ2n) is 5.44. The van der Waals surface area contributed by atoms with Crippen molar-refractivity contribution in [3.63, 3.8) is 0 Å². The third kappa shape index (κ3) is 3.64. The van der Waals surface area contributed by atoms with Crippen molar-refractivity contribution in [2.24, 2.45) is 5.92 Å². The molecule has 110 valence electrons. The molecule has 1 aliphatic heterocycles. The van der Waals surface area contributed by atoms with Gasteiger partial charge in [-0.15, -0.1) is 12.4 Å². The number of nitrogens with zero attached hydrogens (tertiary/aromatic N) is 1. The zero-order valence-corrected chi connectivity index (χ0v) is 12.5. The van der Waals surface area contributed by atoms with Crippen LogP contribution in [0.5, 0.6) is 5.75 Å². The lowest BCUT2D eigenvalue weighted by atomic mass is 10.3. The molecule has 1 aliphatic carbocycles. The van der Waals surface area contributed by atoms with Crippen molar-refractivity contribution in [1.82, 2.24) is 4.90 Å². The van der Waals surface area contributed by atoms with Crippen LogP contribution in [0, 0.1) is 5.92 Å². The summed E-state index contributed by atoms with van der Waals surface area (Å²) in [6.07, 6.45) is 2.77. The van der Waals surface area contributed by atoms with Crippen molar-refractivity contribution in [1.29, 1.82) is 0 Å². The van der Waals surface area contributed by atoms with Crippen LogP contribution < -0.4 is 10.1 Å². The second kappa shape index (κ2) is 6.46. The zero-order chi connectivity index (χ0) is 13.2. The molecule has 20 heavy (non-hydrogen) atoms. The van der Waals surface area contributed by atoms with Crippen LogP contribution in [0.2, 0.25) is 0 Å². The Labute approximate surface area is 125 Å². The van der Waals surface area contributed by atoms with Gasteiger partial charge in [-0.2, -0.15) is 0 Å². The van der Waals surface area contributed by atoms with Gasteiger partial charge >= 0.3 is 0 Å². The van der Waals surface area contributed by atoms with E-state index in [0.29, 0.717) is 0 Å². The minimum Gasteiger partial charge on any atom is -0.492 e. The highest BCUT2D eigenvalue weighted by Gasteiger charge is 2.46. The van der Waals surface area contributed by atoms with Crippen LogP contribution in [-0.2, 0) is 4.79 Å². The molecule has 0 aromatic heterocycles. The lowest BCUT2D eigenvalue weighted by Gasteiger charge is -2.17. The van der Waals surface area contributed by atoms with Crippen molar-refractivity contribution in [3.8, 4) is 5.75 Å². The largest absolute Gasteiger partial charge is 0.492 e. The third-order valence-corrected chi connectivity index (χ3v) is 3.96. The Hall–Kier alpha value is -1.26. The van der Waals surface area contributed by atoms with Gasteiger partial charge in [0, 0.05) is 25.2 Å². The summed E-state index contributed by atoms with van der Waals surface area (Å²) in [5.41, 5.74) is 0.806. The molecule has 0 spiro atoms. The van der Waals surface area contributed by atoms with Crippen LogP contribution >= 0.6 is 12.4 Å². The predicted octanol–water partition coefficient (Wildman–Crippen LogP) is 2.54. The first-order valence-electron chi connectivity index (χ1n) is 6.97. The number of hydrogen-bond donors (Lipinski definition) is 1. The molecule has 2 aliphatic rings. The number of ether oxygens (including phenoxy) is 1. The lowest BCUT2D eigenvalue weighted by Crippen LogP contribution is -2.28. The molecule has 1 N–H and O–H groups in total. The maximum absolute atomic E-state index is 10.9. The van der Waals surface area contributed by atoms with Crippen molar-refractivity contribution >= 4 is 24.0 Å². The fraction of sp³-hybridized carbons (Fsp3) is 0.533. The van der Waals surface area contributed by atoms with Crippen molar-refractivity contribution in [2.75, 3.05) is 25.0 Å². The molecule has 2 atom stereocenters. The zero-order valence-electron chi connectivity index (χ0n) is 11.7. The molecule has 0 bridgehead atoms. The molecule has 0 unspecified atom stereocenters. The van der Waals surface area contributed by atoms with E-state index >= 15 is 0 Å². The van der Waals surface area contributed by atoms with Crippen LogP contribution in [0.1, 0.15) is 19.8 Å². The molecule has 3 rings (SSSR count). The van der Waals surface area contributed by atoms with E-state index in [1.54, 1.807) is 0 Å². The van der Waals surface area contributed by atoms with E-state index in [0.717, 1.165) is 36.5 Å². The summed E-state index contributed by atoms with van der Waals surface area (Å²) in [7, 11) is 0. The second-order valence-corrected chi connectivity index (χ2v) is 5.44. The van der Waals surface area contributed by atoms with Gasteiger partial charge in [0.2, 0.25) is 5.91 Å². The minimum absolute atomic E-state index is 0. The molecule has 1 aromatic carbocycles. The molecule has 1 saturated carbocycles. The molecular formula is C15H21ClN2O2. The van der Waals surface area contributed by atoms with E-state index in [4.69, 9.17) is 4.74 Å². The SMILES string of the molecule is CC(=O)Nc1ccc(OCCN2CC[C@@H]3C[C@@H]32)cc1.Cl. The first-order chi connectivity index (χ1) is 9.22. The van der Waals surface area contributed by atoms with Crippen LogP contribution in [0.15, 0.2) is 24.3 Å². The molecule has 1 heterocycles. The Balaban J connectivity index is 0.00000147. The average molecular weight is 297 g/mol. The summed E-state index contributed by atoms with van der Waals surface area (Å²) in [4.78, 5) is 13.4. The smallest absolute Gasteiger partial charge is 0.221 e. The van der Waals surface area contributed by atoms with E-state index in [1.807, 2.05) is 24.3 Å². The molecule has 1 aromatic rings. The number of amides is 1. The van der Waals surface area contributed by atoms with E-state index in [2.05, 4.69) is 10.2 Å². The summed E-state index contributed by atoms with van der Waals surface area (Å²) < 4.78 is 5.74. The number of likely N-dealkylation sites (tertiary alicyclic amines) is 1. The normalized spacial score (nSPS) is 23.6. The summed E-state index contributed by atoms with van der Waals surface area (Å²) in [6, 6.07) is 8.38. The van der Waals surface area contributed by atoms with Gasteiger partial charge in [0.05, 0.1) is 0 Å². The molecule has 1 amide bonds. The van der Waals surface area contributed by atoms with Crippen molar-refractivity contribution in [3.05, 3.63) is 24.3 Å². The van der Waals surface area contributed by atoms with E-state index < -0.39 is 0 Å². The highest BCUT2D eigenvalue weighted by atomic mass is 35.5. The van der Waals surface area contributed by atoms with Gasteiger partial charge in [-0.3, -0.25) is 9.69 Å². The number of benzene rings is 1. The number of rotatable bonds is 5. The fourth-order valence-corrected chi connectivity index (χ4v) is 2.88. The number of anilines is 1. The van der Waals surface area contributed by atoms with E-state index in [9.17, 15) is 4.79 Å². The summed E-state index contributed by atoms with van der Waals surface area (Å²) in [6.45, 7) is 4.50. The topological polar surface area (TPSA) is 41.6 Å². The summed E-state index contributed by atoms with van der Waals surface area (Å²) in [5.74, 6) is 1.79. The van der Waals surface area contributed by atoms with Crippen LogP contribution in [-0.4, -0.2) is 36.5 Å². The van der Waals surface area contributed by atoms with Crippen molar-refractivity contribution in [2.45, 2.75) is 25.8 Å². The standard InChI is InChI=1S/C15H20N2O2.ClH/c1-11(18)16-13-2-4-14(5-3-13)19-9-8-17-7-6-12-10-15(12)17;/h2-5,12,15H,6-10H2,1H3,(H,16,18);1H/t12-,15+;/m1./s1. The van der Waals surface area contributed by atoms with Gasteiger partial charge in [0.15, 0.2) is 0 Å². The molecule has 2 fully saturated rings. The lowest BCUT2D eigenvalue weighted by molar-refractivity contribution is -0.114. The summed E-state index contributed by atoms with van der Waals surface area (Å²) in [5, 5.41) is 2.74. The highest BCUT2D eigenvalue weighted by Crippen LogP contribution is 2.43. The first kappa shape index (κ1) is 15.1. The number of piperidine rings is 1. The number of fused-ring (bicyclic) bond motifs is 1. The Bertz CT molecular complexity index is 463. The Morgan fingerprint density at radius 2 is 2.15 bits per heavy atom. The van der Waals surface area contributed by atoms with Gasteiger partial charge in [-0.25, -0.2) is 0 Å². The van der Waals surface area contributed by atoms with Crippen LogP contribution in [0.3, 0.4) is 0 Å². The van der Waals surface area contributed by atoms with E-state index in [-0.39, 0.29) is 18.3 Å². The first-order valence-corrected chi connectivity index (χ1v) is 6.97. The third-order valence-electron chi connectivity index (χ3n) is 3.96. The average Bonchev–Trinajstić information content (AvgIpc) is 3.06. The van der Waals surface area contributed by atoms with Crippen LogP contribution in [0.25, 0.3) is 0 Å².